The summed E-state index contributed by atoms with van der Waals surface area (Å²) in [6, 6.07) is 8.77. The van der Waals surface area contributed by atoms with E-state index in [1.165, 1.54) is 0 Å². The fourth-order valence-corrected chi connectivity index (χ4v) is 3.68. The van der Waals surface area contributed by atoms with Gasteiger partial charge in [0.25, 0.3) is 5.91 Å². The first-order chi connectivity index (χ1) is 13.5. The maximum atomic E-state index is 13.2. The number of hydrogen-bond acceptors (Lipinski definition) is 5. The van der Waals surface area contributed by atoms with Crippen molar-refractivity contribution in [1.82, 2.24) is 19.7 Å². The van der Waals surface area contributed by atoms with E-state index in [1.807, 2.05) is 42.1 Å². The van der Waals surface area contributed by atoms with Crippen molar-refractivity contribution in [3.63, 3.8) is 0 Å². The van der Waals surface area contributed by atoms with Crippen LogP contribution in [-0.2, 0) is 4.79 Å². The summed E-state index contributed by atoms with van der Waals surface area (Å²) in [5.41, 5.74) is 1.44. The normalized spacial score (nSPS) is 17.1. The Morgan fingerprint density at radius 1 is 1.04 bits per heavy atom. The van der Waals surface area contributed by atoms with Crippen LogP contribution in [0.5, 0.6) is 11.5 Å². The molecule has 1 N–H and O–H groups in total. The van der Waals surface area contributed by atoms with Crippen molar-refractivity contribution in [2.24, 2.45) is 0 Å². The van der Waals surface area contributed by atoms with Crippen molar-refractivity contribution in [3.8, 4) is 11.5 Å². The molecule has 1 saturated heterocycles. The van der Waals surface area contributed by atoms with Gasteiger partial charge in [-0.2, -0.15) is 0 Å². The van der Waals surface area contributed by atoms with Crippen LogP contribution in [0.4, 0.5) is 0 Å². The second-order valence-electron chi connectivity index (χ2n) is 7.18. The molecule has 2 aliphatic rings. The highest BCUT2D eigenvalue weighted by Crippen LogP contribution is 2.35. The standard InChI is InChI=1S/C20H24N4O4/c1-22(2)18(14-5-6-16-17(12-14)28-13-27-16)20(26)24-10-8-23(9-11-24)19(25)15-4-3-7-21-15/h3-7,12,18,21H,8-11,13H2,1-2H3. The maximum Gasteiger partial charge on any atom is 0.270 e. The number of benzene rings is 1. The van der Waals surface area contributed by atoms with Gasteiger partial charge in [0.2, 0.25) is 12.7 Å². The van der Waals surface area contributed by atoms with Crippen LogP contribution in [0.25, 0.3) is 0 Å². The third-order valence-corrected chi connectivity index (χ3v) is 5.17. The van der Waals surface area contributed by atoms with E-state index in [1.54, 1.807) is 23.2 Å². The van der Waals surface area contributed by atoms with Crippen molar-refractivity contribution in [1.29, 1.82) is 0 Å². The summed E-state index contributed by atoms with van der Waals surface area (Å²) >= 11 is 0. The fraction of sp³-hybridized carbons (Fsp3) is 0.400. The van der Waals surface area contributed by atoms with Gasteiger partial charge in [-0.25, -0.2) is 0 Å². The number of carbonyl (C=O) groups is 2. The van der Waals surface area contributed by atoms with Gasteiger partial charge in [0.05, 0.1) is 0 Å². The van der Waals surface area contributed by atoms with Gasteiger partial charge < -0.3 is 24.3 Å². The number of ether oxygens (including phenoxy) is 2. The molecular weight excluding hydrogens is 360 g/mol. The molecule has 8 heteroatoms. The second-order valence-corrected chi connectivity index (χ2v) is 7.18. The molecule has 0 bridgehead atoms. The molecule has 1 fully saturated rings. The Bertz CT molecular complexity index is 857. The highest BCUT2D eigenvalue weighted by molar-refractivity contribution is 5.92. The van der Waals surface area contributed by atoms with Crippen LogP contribution in [-0.4, -0.2) is 78.6 Å². The minimum Gasteiger partial charge on any atom is -0.454 e. The number of H-pyrrole nitrogens is 1. The molecule has 2 amide bonds. The van der Waals surface area contributed by atoms with E-state index in [9.17, 15) is 9.59 Å². The average Bonchev–Trinajstić information content (AvgIpc) is 3.39. The lowest BCUT2D eigenvalue weighted by Gasteiger charge is -2.37. The minimum atomic E-state index is -0.417. The molecular formula is C20H24N4O4. The molecule has 1 atom stereocenters. The first-order valence-corrected chi connectivity index (χ1v) is 9.32. The van der Waals surface area contributed by atoms with Crippen LogP contribution in [0.2, 0.25) is 0 Å². The largest absolute Gasteiger partial charge is 0.454 e. The van der Waals surface area contributed by atoms with Gasteiger partial charge >= 0.3 is 0 Å². The lowest BCUT2D eigenvalue weighted by molar-refractivity contribution is -0.137. The molecule has 28 heavy (non-hydrogen) atoms. The number of nitrogens with one attached hydrogen (secondary N) is 1. The van der Waals surface area contributed by atoms with Gasteiger partial charge in [-0.3, -0.25) is 14.5 Å². The van der Waals surface area contributed by atoms with Gasteiger partial charge in [-0.05, 0) is 43.9 Å². The highest BCUT2D eigenvalue weighted by Gasteiger charge is 2.32. The van der Waals surface area contributed by atoms with E-state index in [0.717, 1.165) is 5.56 Å². The first kappa shape index (κ1) is 18.4. The lowest BCUT2D eigenvalue weighted by atomic mass is 10.0. The number of nitrogens with zero attached hydrogens (tertiary/aromatic N) is 3. The summed E-state index contributed by atoms with van der Waals surface area (Å²) in [6.07, 6.45) is 1.74. The van der Waals surface area contributed by atoms with E-state index >= 15 is 0 Å². The van der Waals surface area contributed by atoms with Crippen molar-refractivity contribution in [2.45, 2.75) is 6.04 Å². The number of fused-ring (bicyclic) bond motifs is 1. The SMILES string of the molecule is CN(C)C(C(=O)N1CCN(C(=O)c2ccc[nH]2)CC1)c1ccc2c(c1)OCO2. The monoisotopic (exact) mass is 384 g/mol. The molecule has 0 aliphatic carbocycles. The molecule has 0 saturated carbocycles. The van der Waals surface area contributed by atoms with Crippen LogP contribution in [0, 0.1) is 0 Å². The van der Waals surface area contributed by atoms with Crippen LogP contribution in [0.3, 0.4) is 0 Å². The zero-order chi connectivity index (χ0) is 19.7. The Hall–Kier alpha value is -3.00. The molecule has 2 aromatic rings. The van der Waals surface area contributed by atoms with Crippen molar-refractivity contribution >= 4 is 11.8 Å². The van der Waals surface area contributed by atoms with Gasteiger partial charge in [-0.1, -0.05) is 6.07 Å². The number of likely N-dealkylation sites (N-methyl/N-ethyl adjacent to an activating group) is 1. The van der Waals surface area contributed by atoms with Crippen molar-refractivity contribution < 1.29 is 19.1 Å². The molecule has 8 nitrogen and oxygen atoms in total. The third kappa shape index (κ3) is 3.43. The van der Waals surface area contributed by atoms with E-state index in [4.69, 9.17) is 9.47 Å². The number of amides is 2. The second kappa shape index (κ2) is 7.55. The summed E-state index contributed by atoms with van der Waals surface area (Å²) in [6.45, 7) is 2.27. The third-order valence-electron chi connectivity index (χ3n) is 5.17. The predicted molar refractivity (Wildman–Crippen MR) is 102 cm³/mol. The van der Waals surface area contributed by atoms with Crippen LogP contribution in [0.15, 0.2) is 36.5 Å². The number of carbonyl (C=O) groups excluding carboxylic acids is 2. The Balaban J connectivity index is 1.45. The number of aromatic amines is 1. The van der Waals surface area contributed by atoms with Crippen LogP contribution in [0.1, 0.15) is 22.1 Å². The van der Waals surface area contributed by atoms with Crippen molar-refractivity contribution in [2.75, 3.05) is 47.1 Å². The van der Waals surface area contributed by atoms with Gasteiger partial charge in [0.1, 0.15) is 11.7 Å². The van der Waals surface area contributed by atoms with Gasteiger partial charge in [0, 0.05) is 32.4 Å². The zero-order valence-electron chi connectivity index (χ0n) is 16.1. The first-order valence-electron chi connectivity index (χ1n) is 9.32. The summed E-state index contributed by atoms with van der Waals surface area (Å²) in [7, 11) is 3.77. The summed E-state index contributed by atoms with van der Waals surface area (Å²) in [5, 5.41) is 0. The number of hydrogen-bond donors (Lipinski definition) is 1. The molecule has 1 unspecified atom stereocenters. The molecule has 0 radical (unpaired) electrons. The van der Waals surface area contributed by atoms with E-state index < -0.39 is 6.04 Å². The summed E-state index contributed by atoms with van der Waals surface area (Å²) < 4.78 is 10.8. The van der Waals surface area contributed by atoms with Gasteiger partial charge in [0.15, 0.2) is 11.5 Å². The van der Waals surface area contributed by atoms with E-state index in [-0.39, 0.29) is 18.6 Å². The lowest BCUT2D eigenvalue weighted by Crippen LogP contribution is -2.52. The fourth-order valence-electron chi connectivity index (χ4n) is 3.68. The number of piperazine rings is 1. The Morgan fingerprint density at radius 3 is 2.43 bits per heavy atom. The van der Waals surface area contributed by atoms with Crippen LogP contribution < -0.4 is 9.47 Å². The molecule has 2 aliphatic heterocycles. The Kier molecular flexibility index (Phi) is 4.95. The van der Waals surface area contributed by atoms with Gasteiger partial charge in [-0.15, -0.1) is 0 Å². The molecule has 1 aromatic carbocycles. The van der Waals surface area contributed by atoms with E-state index in [2.05, 4.69) is 4.98 Å². The maximum absolute atomic E-state index is 13.2. The smallest absolute Gasteiger partial charge is 0.270 e. The van der Waals surface area contributed by atoms with Crippen molar-refractivity contribution in [3.05, 3.63) is 47.8 Å². The highest BCUT2D eigenvalue weighted by atomic mass is 16.7. The molecule has 4 rings (SSSR count). The Labute approximate surface area is 163 Å². The molecule has 0 spiro atoms. The molecule has 1 aromatic heterocycles. The number of rotatable bonds is 4. The Morgan fingerprint density at radius 2 is 1.75 bits per heavy atom. The molecule has 148 valence electrons. The summed E-state index contributed by atoms with van der Waals surface area (Å²) in [4.78, 5) is 34.2. The predicted octanol–water partition coefficient (Wildman–Crippen LogP) is 1.33. The quantitative estimate of drug-likeness (QED) is 0.861. The minimum absolute atomic E-state index is 0.0239. The summed E-state index contributed by atoms with van der Waals surface area (Å²) in [5.74, 6) is 1.36. The van der Waals surface area contributed by atoms with Crippen LogP contribution >= 0.6 is 0 Å². The number of aromatic nitrogens is 1. The van der Waals surface area contributed by atoms with E-state index in [0.29, 0.717) is 43.4 Å². The molecule has 3 heterocycles. The average molecular weight is 384 g/mol. The zero-order valence-corrected chi connectivity index (χ0v) is 16.1. The topological polar surface area (TPSA) is 78.1 Å².